The summed E-state index contributed by atoms with van der Waals surface area (Å²) in [4.78, 5) is 1.22. The fourth-order valence-electron chi connectivity index (χ4n) is 2.03. The van der Waals surface area contributed by atoms with E-state index in [2.05, 4.69) is 49.6 Å². The minimum Gasteiger partial charge on any atom is -0.250 e. The third kappa shape index (κ3) is 3.63. The molecule has 1 heterocycles. The van der Waals surface area contributed by atoms with Crippen LogP contribution in [0.3, 0.4) is 0 Å². The Morgan fingerprint density at radius 2 is 1.96 bits per heavy atom. The second kappa shape index (κ2) is 7.25. The number of aromatic amines is 1. The highest BCUT2D eigenvalue weighted by molar-refractivity contribution is 9.10. The maximum Gasteiger partial charge on any atom is 0.216 e. The number of hydrogen-bond donors (Lipinski definition) is 1. The van der Waals surface area contributed by atoms with Gasteiger partial charge in [-0.1, -0.05) is 40.2 Å². The molecule has 3 aromatic rings. The molecule has 7 heteroatoms. The SMILES string of the molecule is CSc1ccc(C=Nn2c(-c3ccccc3Br)n[nH]c2=S)cc1. The summed E-state index contributed by atoms with van der Waals surface area (Å²) < 4.78 is 3.01. The van der Waals surface area contributed by atoms with Crippen LogP contribution in [-0.4, -0.2) is 27.3 Å². The molecule has 0 amide bonds. The van der Waals surface area contributed by atoms with Crippen molar-refractivity contribution in [3.05, 3.63) is 63.3 Å². The molecule has 4 nitrogen and oxygen atoms in total. The van der Waals surface area contributed by atoms with Crippen LogP contribution in [0.2, 0.25) is 0 Å². The number of nitrogens with one attached hydrogen (secondary N) is 1. The monoisotopic (exact) mass is 404 g/mol. The molecule has 0 aliphatic heterocycles. The van der Waals surface area contributed by atoms with Crippen LogP contribution in [0.5, 0.6) is 0 Å². The summed E-state index contributed by atoms with van der Waals surface area (Å²) in [6.45, 7) is 0. The number of aromatic nitrogens is 3. The lowest BCUT2D eigenvalue weighted by atomic mass is 10.2. The van der Waals surface area contributed by atoms with Crippen molar-refractivity contribution >= 4 is 46.1 Å². The highest BCUT2D eigenvalue weighted by atomic mass is 79.9. The van der Waals surface area contributed by atoms with E-state index in [4.69, 9.17) is 12.2 Å². The average Bonchev–Trinajstić information content (AvgIpc) is 2.94. The van der Waals surface area contributed by atoms with Crippen LogP contribution in [0.15, 0.2) is 63.0 Å². The molecule has 23 heavy (non-hydrogen) atoms. The van der Waals surface area contributed by atoms with Crippen molar-refractivity contribution in [3.8, 4) is 11.4 Å². The number of nitrogens with zero attached hydrogens (tertiary/aromatic N) is 3. The van der Waals surface area contributed by atoms with Gasteiger partial charge in [0.25, 0.3) is 0 Å². The fourth-order valence-corrected chi connectivity index (χ4v) is 3.08. The third-order valence-corrected chi connectivity index (χ3v) is 4.90. The summed E-state index contributed by atoms with van der Waals surface area (Å²) in [6, 6.07) is 16.0. The van der Waals surface area contributed by atoms with Crippen LogP contribution < -0.4 is 0 Å². The van der Waals surface area contributed by atoms with Gasteiger partial charge in [0.15, 0.2) is 5.82 Å². The van der Waals surface area contributed by atoms with E-state index in [-0.39, 0.29) is 0 Å². The van der Waals surface area contributed by atoms with Gasteiger partial charge in [0.2, 0.25) is 4.77 Å². The van der Waals surface area contributed by atoms with Crippen LogP contribution >= 0.6 is 39.9 Å². The van der Waals surface area contributed by atoms with Crippen LogP contribution in [0, 0.1) is 4.77 Å². The molecule has 0 bridgehead atoms. The van der Waals surface area contributed by atoms with Gasteiger partial charge in [0.05, 0.1) is 6.21 Å². The first-order valence-corrected chi connectivity index (χ1v) is 9.22. The van der Waals surface area contributed by atoms with E-state index in [1.54, 1.807) is 22.7 Å². The van der Waals surface area contributed by atoms with Gasteiger partial charge in [0.1, 0.15) is 0 Å². The maximum atomic E-state index is 5.28. The zero-order valence-electron chi connectivity index (χ0n) is 12.2. The fraction of sp³-hybridized carbons (Fsp3) is 0.0625. The molecule has 0 saturated heterocycles. The second-order valence-corrected chi connectivity index (χ2v) is 6.78. The first kappa shape index (κ1) is 16.2. The Morgan fingerprint density at radius 3 is 2.65 bits per heavy atom. The summed E-state index contributed by atoms with van der Waals surface area (Å²) in [5, 5.41) is 11.6. The molecule has 1 N–H and O–H groups in total. The average molecular weight is 405 g/mol. The lowest BCUT2D eigenvalue weighted by Crippen LogP contribution is -1.95. The molecule has 0 saturated carbocycles. The summed E-state index contributed by atoms with van der Waals surface area (Å²) in [6.07, 6.45) is 3.83. The number of benzene rings is 2. The first-order chi connectivity index (χ1) is 11.2. The van der Waals surface area contributed by atoms with Crippen molar-refractivity contribution in [2.24, 2.45) is 5.10 Å². The number of rotatable bonds is 4. The lowest BCUT2D eigenvalue weighted by molar-refractivity contribution is 0.871. The molecule has 0 aliphatic rings. The molecule has 0 aliphatic carbocycles. The molecular formula is C16H13BrN4S2. The Hall–Kier alpha value is -1.70. The smallest absolute Gasteiger partial charge is 0.216 e. The standard InChI is InChI=1S/C16H13BrN4S2/c1-23-12-8-6-11(7-9-12)10-18-21-15(19-20-16(21)22)13-4-2-3-5-14(13)17/h2-10H,1H3,(H,20,22). The first-order valence-electron chi connectivity index (χ1n) is 6.80. The summed E-state index contributed by atoms with van der Waals surface area (Å²) in [5.74, 6) is 0.666. The van der Waals surface area contributed by atoms with E-state index in [1.807, 2.05) is 36.4 Å². The Balaban J connectivity index is 1.97. The predicted molar refractivity (Wildman–Crippen MR) is 102 cm³/mol. The molecule has 0 radical (unpaired) electrons. The van der Waals surface area contributed by atoms with Crippen molar-refractivity contribution < 1.29 is 0 Å². The van der Waals surface area contributed by atoms with Gasteiger partial charge in [0, 0.05) is 14.9 Å². The van der Waals surface area contributed by atoms with Crippen molar-refractivity contribution in [2.45, 2.75) is 4.90 Å². The molecule has 0 fully saturated rings. The van der Waals surface area contributed by atoms with Crippen LogP contribution in [0.1, 0.15) is 5.56 Å². The highest BCUT2D eigenvalue weighted by Crippen LogP contribution is 2.26. The lowest BCUT2D eigenvalue weighted by Gasteiger charge is -2.03. The predicted octanol–water partition coefficient (Wildman–Crippen LogP) is 4.97. The van der Waals surface area contributed by atoms with Gasteiger partial charge in [-0.3, -0.25) is 0 Å². The van der Waals surface area contributed by atoms with Crippen molar-refractivity contribution in [1.82, 2.24) is 14.9 Å². The van der Waals surface area contributed by atoms with Gasteiger partial charge in [-0.2, -0.15) is 14.9 Å². The largest absolute Gasteiger partial charge is 0.250 e. The molecule has 2 aromatic carbocycles. The number of thioether (sulfide) groups is 1. The molecule has 116 valence electrons. The molecule has 0 atom stereocenters. The second-order valence-electron chi connectivity index (χ2n) is 4.66. The van der Waals surface area contributed by atoms with E-state index in [9.17, 15) is 0 Å². The molecule has 1 aromatic heterocycles. The minimum absolute atomic E-state index is 0.452. The molecule has 0 unspecified atom stereocenters. The van der Waals surface area contributed by atoms with Gasteiger partial charge in [-0.15, -0.1) is 11.8 Å². The third-order valence-electron chi connectivity index (χ3n) is 3.20. The summed E-state index contributed by atoms with van der Waals surface area (Å²) in [5.41, 5.74) is 1.93. The highest BCUT2D eigenvalue weighted by Gasteiger charge is 2.10. The zero-order valence-corrected chi connectivity index (χ0v) is 15.5. The van der Waals surface area contributed by atoms with Crippen LogP contribution in [0.4, 0.5) is 0 Å². The van der Waals surface area contributed by atoms with Gasteiger partial charge in [-0.25, -0.2) is 5.10 Å². The zero-order chi connectivity index (χ0) is 16.2. The van der Waals surface area contributed by atoms with E-state index in [0.29, 0.717) is 10.6 Å². The van der Waals surface area contributed by atoms with Gasteiger partial charge >= 0.3 is 0 Å². The van der Waals surface area contributed by atoms with Gasteiger partial charge in [-0.05, 0) is 48.3 Å². The molecular weight excluding hydrogens is 392 g/mol. The van der Waals surface area contributed by atoms with Crippen molar-refractivity contribution in [2.75, 3.05) is 6.26 Å². The Kier molecular flexibility index (Phi) is 5.09. The van der Waals surface area contributed by atoms with Crippen LogP contribution in [-0.2, 0) is 0 Å². The molecule has 3 rings (SSSR count). The van der Waals surface area contributed by atoms with E-state index in [1.165, 1.54) is 4.90 Å². The van der Waals surface area contributed by atoms with Crippen molar-refractivity contribution in [3.63, 3.8) is 0 Å². The number of halogens is 1. The number of hydrogen-bond acceptors (Lipinski definition) is 4. The van der Waals surface area contributed by atoms with E-state index >= 15 is 0 Å². The maximum absolute atomic E-state index is 5.28. The Morgan fingerprint density at radius 1 is 1.22 bits per heavy atom. The van der Waals surface area contributed by atoms with Crippen molar-refractivity contribution in [1.29, 1.82) is 0 Å². The van der Waals surface area contributed by atoms with E-state index < -0.39 is 0 Å². The minimum atomic E-state index is 0.452. The van der Waals surface area contributed by atoms with E-state index in [0.717, 1.165) is 15.6 Å². The normalized spacial score (nSPS) is 11.2. The number of H-pyrrole nitrogens is 1. The Labute approximate surface area is 151 Å². The topological polar surface area (TPSA) is 46.0 Å². The van der Waals surface area contributed by atoms with Gasteiger partial charge < -0.3 is 0 Å². The quantitative estimate of drug-likeness (QED) is 0.379. The summed E-state index contributed by atoms with van der Waals surface area (Å²) >= 11 is 10.5. The van der Waals surface area contributed by atoms with Crippen LogP contribution in [0.25, 0.3) is 11.4 Å². The molecule has 0 spiro atoms. The summed E-state index contributed by atoms with van der Waals surface area (Å²) in [7, 11) is 0. The Bertz CT molecular complexity index is 897.